The Morgan fingerprint density at radius 2 is 2.05 bits per heavy atom. The zero-order valence-electron chi connectivity index (χ0n) is 12.2. The van der Waals surface area contributed by atoms with E-state index in [1.807, 2.05) is 0 Å². The van der Waals surface area contributed by atoms with Crippen LogP contribution < -0.4 is 15.9 Å². The number of hydrogen-bond acceptors (Lipinski definition) is 5. The third-order valence-corrected chi connectivity index (χ3v) is 3.26. The van der Waals surface area contributed by atoms with Crippen LogP contribution in [0.3, 0.4) is 0 Å². The molecule has 1 aliphatic rings. The van der Waals surface area contributed by atoms with Crippen LogP contribution >= 0.6 is 0 Å². The summed E-state index contributed by atoms with van der Waals surface area (Å²) in [5.74, 6) is -0.528. The Labute approximate surface area is 126 Å². The molecule has 2 amide bonds. The van der Waals surface area contributed by atoms with E-state index in [1.165, 1.54) is 12.1 Å². The largest absolute Gasteiger partial charge is 0.595 e. The number of urea groups is 1. The molecule has 8 heteroatoms. The summed E-state index contributed by atoms with van der Waals surface area (Å²) in [7, 11) is 0. The van der Waals surface area contributed by atoms with Crippen molar-refractivity contribution < 1.29 is 24.8 Å². The molecular weight excluding hydrogens is 290 g/mol. The number of carbonyl (C=O) groups is 2. The molecule has 1 heterocycles. The summed E-state index contributed by atoms with van der Waals surface area (Å²) in [6.07, 6.45) is 0. The summed E-state index contributed by atoms with van der Waals surface area (Å²) in [6.45, 7) is 3.52. The van der Waals surface area contributed by atoms with Crippen molar-refractivity contribution in [3.8, 4) is 0 Å². The number of esters is 1. The zero-order chi connectivity index (χ0) is 16.3. The van der Waals surface area contributed by atoms with Crippen LogP contribution in [0, 0.1) is 5.21 Å². The fourth-order valence-electron chi connectivity index (χ4n) is 2.24. The predicted molar refractivity (Wildman–Crippen MR) is 76.0 cm³/mol. The van der Waals surface area contributed by atoms with Crippen LogP contribution in [0.5, 0.6) is 0 Å². The number of allylic oxidation sites excluding steroid dienone is 1. The predicted octanol–water partition coefficient (Wildman–Crippen LogP) is 0.281. The molecule has 0 spiro atoms. The minimum absolute atomic E-state index is 0.127. The highest BCUT2D eigenvalue weighted by molar-refractivity contribution is 5.95. The van der Waals surface area contributed by atoms with Gasteiger partial charge in [0.05, 0.1) is 18.2 Å². The average molecular weight is 307 g/mol. The quantitative estimate of drug-likeness (QED) is 0.471. The molecule has 0 radical (unpaired) electrons. The van der Waals surface area contributed by atoms with Crippen molar-refractivity contribution in [2.75, 3.05) is 6.61 Å². The van der Waals surface area contributed by atoms with Crippen LogP contribution in [0.2, 0.25) is 0 Å². The number of nitrogens with one attached hydrogen (secondary N) is 3. The van der Waals surface area contributed by atoms with Gasteiger partial charge in [0.2, 0.25) is 0 Å². The van der Waals surface area contributed by atoms with Crippen LogP contribution in [-0.4, -0.2) is 23.8 Å². The van der Waals surface area contributed by atoms with Crippen molar-refractivity contribution >= 4 is 17.7 Å². The van der Waals surface area contributed by atoms with Gasteiger partial charge in [-0.1, -0.05) is 12.1 Å². The molecule has 118 valence electrons. The van der Waals surface area contributed by atoms with Crippen molar-refractivity contribution in [3.05, 3.63) is 46.3 Å². The summed E-state index contributed by atoms with van der Waals surface area (Å²) in [5.41, 5.74) is 1.43. The lowest BCUT2D eigenvalue weighted by atomic mass is 9.95. The van der Waals surface area contributed by atoms with Crippen molar-refractivity contribution in [1.82, 2.24) is 10.6 Å². The second kappa shape index (κ2) is 6.56. The number of quaternary nitrogens is 1. The van der Waals surface area contributed by atoms with Crippen LogP contribution in [0.15, 0.2) is 35.5 Å². The van der Waals surface area contributed by atoms with Gasteiger partial charge in [-0.15, -0.1) is 0 Å². The average Bonchev–Trinajstić information content (AvgIpc) is 2.46. The summed E-state index contributed by atoms with van der Waals surface area (Å²) < 4.78 is 5.02. The third-order valence-electron chi connectivity index (χ3n) is 3.26. The van der Waals surface area contributed by atoms with E-state index in [0.29, 0.717) is 16.8 Å². The number of ether oxygens (including phenoxy) is 1. The number of rotatable bonds is 4. The SMILES string of the molecule is CCOC(=O)C1=C(C)NC(=O)NC1c1ccc([NH+]([O-])O)cc1. The van der Waals surface area contributed by atoms with Gasteiger partial charge in [-0.2, -0.15) is 5.23 Å². The Hall–Kier alpha value is -2.42. The summed E-state index contributed by atoms with van der Waals surface area (Å²) in [5, 5.41) is 23.9. The molecule has 1 aromatic carbocycles. The minimum Gasteiger partial charge on any atom is -0.595 e. The molecule has 0 aliphatic carbocycles. The molecule has 2 rings (SSSR count). The molecular formula is C14H17N3O5. The van der Waals surface area contributed by atoms with Gasteiger partial charge in [0.1, 0.15) is 0 Å². The first kappa shape index (κ1) is 16.0. The maximum atomic E-state index is 12.1. The van der Waals surface area contributed by atoms with Gasteiger partial charge in [-0.25, -0.2) is 14.8 Å². The van der Waals surface area contributed by atoms with E-state index in [1.54, 1.807) is 26.0 Å². The van der Waals surface area contributed by atoms with Crippen LogP contribution in [0.25, 0.3) is 0 Å². The normalized spacial score (nSPS) is 19.3. The zero-order valence-corrected chi connectivity index (χ0v) is 12.2. The summed E-state index contributed by atoms with van der Waals surface area (Å²) in [4.78, 5) is 23.8. The molecule has 1 aliphatic heterocycles. The second-order valence-electron chi connectivity index (χ2n) is 4.72. The number of hydrogen-bond donors (Lipinski definition) is 4. The molecule has 0 saturated carbocycles. The van der Waals surface area contributed by atoms with E-state index >= 15 is 0 Å². The number of carbonyl (C=O) groups excluding carboxylic acids is 2. The van der Waals surface area contributed by atoms with Crippen molar-refractivity contribution in [3.63, 3.8) is 0 Å². The molecule has 22 heavy (non-hydrogen) atoms. The third kappa shape index (κ3) is 3.25. The lowest BCUT2D eigenvalue weighted by Crippen LogP contribution is -2.99. The molecule has 0 aromatic heterocycles. The van der Waals surface area contributed by atoms with Crippen molar-refractivity contribution in [2.45, 2.75) is 19.9 Å². The lowest BCUT2D eigenvalue weighted by molar-refractivity contribution is -0.991. The van der Waals surface area contributed by atoms with E-state index in [0.717, 1.165) is 0 Å². The Morgan fingerprint density at radius 1 is 1.41 bits per heavy atom. The van der Waals surface area contributed by atoms with Gasteiger partial charge >= 0.3 is 12.0 Å². The fourth-order valence-corrected chi connectivity index (χ4v) is 2.24. The molecule has 8 nitrogen and oxygen atoms in total. The highest BCUT2D eigenvalue weighted by Gasteiger charge is 2.32. The minimum atomic E-state index is -1.04. The smallest absolute Gasteiger partial charge is 0.338 e. The van der Waals surface area contributed by atoms with E-state index in [9.17, 15) is 14.8 Å². The molecule has 2 unspecified atom stereocenters. The van der Waals surface area contributed by atoms with E-state index in [4.69, 9.17) is 9.94 Å². The number of amides is 2. The maximum Gasteiger partial charge on any atom is 0.338 e. The van der Waals surface area contributed by atoms with Gasteiger partial charge in [0, 0.05) is 17.8 Å². The molecule has 0 saturated heterocycles. The molecule has 2 atom stereocenters. The molecule has 0 bridgehead atoms. The Morgan fingerprint density at radius 3 is 2.59 bits per heavy atom. The van der Waals surface area contributed by atoms with E-state index < -0.39 is 23.3 Å². The lowest BCUT2D eigenvalue weighted by Gasteiger charge is -2.28. The Kier molecular flexibility index (Phi) is 4.76. The maximum absolute atomic E-state index is 12.1. The molecule has 1 aromatic rings. The fraction of sp³-hybridized carbons (Fsp3) is 0.286. The first-order valence-electron chi connectivity index (χ1n) is 6.72. The molecule has 0 fully saturated rings. The Balaban J connectivity index is 2.38. The highest BCUT2D eigenvalue weighted by Crippen LogP contribution is 2.27. The first-order valence-corrected chi connectivity index (χ1v) is 6.72. The van der Waals surface area contributed by atoms with Crippen LogP contribution in [0.4, 0.5) is 10.5 Å². The van der Waals surface area contributed by atoms with Crippen molar-refractivity contribution in [1.29, 1.82) is 0 Å². The number of benzene rings is 1. The van der Waals surface area contributed by atoms with Gasteiger partial charge in [0.15, 0.2) is 5.69 Å². The summed E-state index contributed by atoms with van der Waals surface area (Å²) >= 11 is 0. The van der Waals surface area contributed by atoms with Gasteiger partial charge < -0.3 is 20.6 Å². The van der Waals surface area contributed by atoms with E-state index in [2.05, 4.69) is 10.6 Å². The van der Waals surface area contributed by atoms with Gasteiger partial charge in [-0.05, 0) is 19.4 Å². The molecule has 4 N–H and O–H groups in total. The van der Waals surface area contributed by atoms with Crippen molar-refractivity contribution in [2.24, 2.45) is 0 Å². The first-order chi connectivity index (χ1) is 10.4. The van der Waals surface area contributed by atoms with Crippen LogP contribution in [0.1, 0.15) is 25.5 Å². The van der Waals surface area contributed by atoms with Crippen LogP contribution in [-0.2, 0) is 9.53 Å². The second-order valence-corrected chi connectivity index (χ2v) is 4.72. The standard InChI is InChI=1S/C14H17N3O5/c1-3-22-13(18)11-8(2)15-14(19)16-12(11)9-4-6-10(7-5-9)17(20)21/h4-7,12,17,20H,3H2,1-2H3,(H2,15,16,19). The Bertz CT molecular complexity index is 609. The highest BCUT2D eigenvalue weighted by atomic mass is 16.8. The van der Waals surface area contributed by atoms with Gasteiger partial charge in [-0.3, -0.25) is 0 Å². The van der Waals surface area contributed by atoms with Gasteiger partial charge in [0.25, 0.3) is 0 Å². The topological polar surface area (TPSA) is 115 Å². The monoisotopic (exact) mass is 307 g/mol. The van der Waals surface area contributed by atoms with E-state index in [-0.39, 0.29) is 12.3 Å². The summed E-state index contributed by atoms with van der Waals surface area (Å²) in [6, 6.07) is 4.85.